The van der Waals surface area contributed by atoms with Crippen LogP contribution in [0.3, 0.4) is 0 Å². The van der Waals surface area contributed by atoms with Gasteiger partial charge in [0.05, 0.1) is 33.8 Å². The van der Waals surface area contributed by atoms with Crippen molar-refractivity contribution in [3.8, 4) is 17.2 Å². The number of amides is 2. The molecule has 27 heavy (non-hydrogen) atoms. The van der Waals surface area contributed by atoms with E-state index in [1.165, 1.54) is 18.3 Å². The number of ether oxygens (including phenoxy) is 3. The minimum atomic E-state index is -0.352. The summed E-state index contributed by atoms with van der Waals surface area (Å²) in [5, 5.41) is 7.60. The fourth-order valence-corrected chi connectivity index (χ4v) is 3.42. The van der Waals surface area contributed by atoms with Gasteiger partial charge in [0.15, 0.2) is 11.5 Å². The van der Waals surface area contributed by atoms with Crippen LogP contribution in [-0.4, -0.2) is 33.1 Å². The lowest BCUT2D eigenvalue weighted by Gasteiger charge is -2.17. The van der Waals surface area contributed by atoms with E-state index in [2.05, 4.69) is 10.6 Å². The lowest BCUT2D eigenvalue weighted by molar-refractivity contribution is -0.122. The van der Waals surface area contributed by atoms with E-state index in [1.807, 2.05) is 17.5 Å². The molecule has 0 saturated heterocycles. The first-order valence-corrected chi connectivity index (χ1v) is 9.22. The van der Waals surface area contributed by atoms with Crippen LogP contribution in [-0.2, 0) is 16.1 Å². The van der Waals surface area contributed by atoms with Crippen molar-refractivity contribution in [2.45, 2.75) is 25.9 Å². The number of hydrogen-bond donors (Lipinski definition) is 2. The Balaban J connectivity index is 2.06. The van der Waals surface area contributed by atoms with Crippen molar-refractivity contribution >= 4 is 23.2 Å². The van der Waals surface area contributed by atoms with Gasteiger partial charge in [0.2, 0.25) is 11.8 Å². The first-order chi connectivity index (χ1) is 13.0. The highest BCUT2D eigenvalue weighted by molar-refractivity contribution is 7.10. The second-order valence-corrected chi connectivity index (χ2v) is 6.75. The number of carbonyl (C=O) groups is 2. The van der Waals surface area contributed by atoms with Crippen molar-refractivity contribution in [2.75, 3.05) is 21.3 Å². The molecule has 1 atom stereocenters. The van der Waals surface area contributed by atoms with Gasteiger partial charge in [-0.15, -0.1) is 11.3 Å². The van der Waals surface area contributed by atoms with Crippen molar-refractivity contribution in [1.29, 1.82) is 0 Å². The predicted octanol–water partition coefficient (Wildman–Crippen LogP) is 2.66. The fraction of sp³-hybridized carbons (Fsp3) is 0.368. The molecule has 146 valence electrons. The maximum Gasteiger partial charge on any atom is 0.222 e. The van der Waals surface area contributed by atoms with Gasteiger partial charge in [-0.05, 0) is 17.5 Å². The Bertz CT molecular complexity index is 777. The quantitative estimate of drug-likeness (QED) is 0.685. The number of benzene rings is 1. The molecule has 1 aromatic heterocycles. The molecule has 0 bridgehead atoms. The molecular formula is C19H24N2O5S. The molecule has 8 heteroatoms. The highest BCUT2D eigenvalue weighted by Gasteiger charge is 2.19. The topological polar surface area (TPSA) is 85.9 Å². The molecule has 7 nitrogen and oxygen atoms in total. The Morgan fingerprint density at radius 1 is 1.07 bits per heavy atom. The van der Waals surface area contributed by atoms with Crippen LogP contribution in [0.15, 0.2) is 29.6 Å². The molecule has 0 radical (unpaired) electrons. The van der Waals surface area contributed by atoms with Crippen molar-refractivity contribution in [3.63, 3.8) is 0 Å². The lowest BCUT2D eigenvalue weighted by Crippen LogP contribution is -2.32. The van der Waals surface area contributed by atoms with Crippen LogP contribution in [0, 0.1) is 0 Å². The maximum absolute atomic E-state index is 12.4. The zero-order valence-electron chi connectivity index (χ0n) is 15.8. The minimum Gasteiger partial charge on any atom is -0.496 e. The standard InChI is InChI=1S/C19H24N2O5S/c1-12(22)21-14(18-6-5-7-27-18)9-19(23)20-11-13-8-16(25-3)17(26-4)10-15(13)24-2/h5-8,10,14H,9,11H2,1-4H3,(H,20,23)(H,21,22). The van der Waals surface area contributed by atoms with E-state index in [9.17, 15) is 9.59 Å². The Morgan fingerprint density at radius 3 is 2.30 bits per heavy atom. The Hall–Kier alpha value is -2.74. The van der Waals surface area contributed by atoms with Crippen LogP contribution < -0.4 is 24.8 Å². The summed E-state index contributed by atoms with van der Waals surface area (Å²) in [5.74, 6) is 1.33. The summed E-state index contributed by atoms with van der Waals surface area (Å²) in [6, 6.07) is 6.92. The number of rotatable bonds is 9. The summed E-state index contributed by atoms with van der Waals surface area (Å²) in [7, 11) is 4.65. The second-order valence-electron chi connectivity index (χ2n) is 5.77. The highest BCUT2D eigenvalue weighted by Crippen LogP contribution is 2.34. The number of methoxy groups -OCH3 is 3. The first-order valence-electron chi connectivity index (χ1n) is 8.34. The Morgan fingerprint density at radius 2 is 1.74 bits per heavy atom. The van der Waals surface area contributed by atoms with E-state index in [4.69, 9.17) is 14.2 Å². The van der Waals surface area contributed by atoms with Gasteiger partial charge in [-0.1, -0.05) is 6.07 Å². The second kappa shape index (κ2) is 9.82. The summed E-state index contributed by atoms with van der Waals surface area (Å²) >= 11 is 1.50. The van der Waals surface area contributed by atoms with Gasteiger partial charge >= 0.3 is 0 Å². The average Bonchev–Trinajstić information content (AvgIpc) is 3.19. The van der Waals surface area contributed by atoms with Gasteiger partial charge in [0, 0.05) is 30.0 Å². The monoisotopic (exact) mass is 392 g/mol. The molecule has 2 N–H and O–H groups in total. The molecule has 0 saturated carbocycles. The van der Waals surface area contributed by atoms with E-state index >= 15 is 0 Å². The Kier molecular flexibility index (Phi) is 7.48. The van der Waals surface area contributed by atoms with Crippen molar-refractivity contribution in [1.82, 2.24) is 10.6 Å². The van der Waals surface area contributed by atoms with Gasteiger partial charge in [0.25, 0.3) is 0 Å². The van der Waals surface area contributed by atoms with Crippen LogP contribution in [0.1, 0.15) is 29.8 Å². The molecule has 1 unspecified atom stereocenters. The molecule has 0 aliphatic carbocycles. The number of carbonyl (C=O) groups excluding carboxylic acids is 2. The fourth-order valence-electron chi connectivity index (χ4n) is 2.64. The zero-order valence-corrected chi connectivity index (χ0v) is 16.6. The normalized spacial score (nSPS) is 11.4. The van der Waals surface area contributed by atoms with Crippen molar-refractivity contribution < 1.29 is 23.8 Å². The highest BCUT2D eigenvalue weighted by atomic mass is 32.1. The maximum atomic E-state index is 12.4. The van der Waals surface area contributed by atoms with E-state index in [-0.39, 0.29) is 30.8 Å². The Labute approximate surface area is 162 Å². The smallest absolute Gasteiger partial charge is 0.222 e. The third-order valence-corrected chi connectivity index (χ3v) is 4.90. The van der Waals surface area contributed by atoms with Crippen LogP contribution in [0.2, 0.25) is 0 Å². The summed E-state index contributed by atoms with van der Waals surface area (Å²) < 4.78 is 15.9. The molecule has 2 aromatic rings. The largest absolute Gasteiger partial charge is 0.496 e. The molecular weight excluding hydrogens is 368 g/mol. The third-order valence-electron chi connectivity index (χ3n) is 3.92. The molecule has 2 rings (SSSR count). The average molecular weight is 392 g/mol. The van der Waals surface area contributed by atoms with E-state index in [0.29, 0.717) is 17.2 Å². The van der Waals surface area contributed by atoms with Gasteiger partial charge in [-0.2, -0.15) is 0 Å². The molecule has 0 aliphatic rings. The summed E-state index contributed by atoms with van der Waals surface area (Å²) in [6.45, 7) is 1.70. The molecule has 1 heterocycles. The third kappa shape index (κ3) is 5.62. The van der Waals surface area contributed by atoms with E-state index < -0.39 is 0 Å². The van der Waals surface area contributed by atoms with Gasteiger partial charge in [-0.3, -0.25) is 9.59 Å². The van der Waals surface area contributed by atoms with Gasteiger partial charge < -0.3 is 24.8 Å². The van der Waals surface area contributed by atoms with Crippen molar-refractivity contribution in [2.24, 2.45) is 0 Å². The minimum absolute atomic E-state index is 0.149. The molecule has 2 amide bonds. The number of nitrogens with one attached hydrogen (secondary N) is 2. The zero-order chi connectivity index (χ0) is 19.8. The summed E-state index contributed by atoms with van der Waals surface area (Å²) in [6.07, 6.45) is 0.149. The number of hydrogen-bond acceptors (Lipinski definition) is 6. The number of thiophene rings is 1. The van der Waals surface area contributed by atoms with Gasteiger partial charge in [-0.25, -0.2) is 0 Å². The van der Waals surface area contributed by atoms with Gasteiger partial charge in [0.1, 0.15) is 5.75 Å². The molecule has 0 aliphatic heterocycles. The van der Waals surface area contributed by atoms with Crippen molar-refractivity contribution in [3.05, 3.63) is 40.1 Å². The van der Waals surface area contributed by atoms with Crippen LogP contribution in [0.25, 0.3) is 0 Å². The van der Waals surface area contributed by atoms with E-state index in [0.717, 1.165) is 10.4 Å². The van der Waals surface area contributed by atoms with Crippen LogP contribution in [0.5, 0.6) is 17.2 Å². The van der Waals surface area contributed by atoms with E-state index in [1.54, 1.807) is 33.5 Å². The summed E-state index contributed by atoms with van der Waals surface area (Å²) in [4.78, 5) is 24.8. The summed E-state index contributed by atoms with van der Waals surface area (Å²) in [5.41, 5.74) is 0.760. The molecule has 1 aromatic carbocycles. The SMILES string of the molecule is COc1cc(OC)c(OC)cc1CNC(=O)CC(NC(C)=O)c1cccs1. The van der Waals surface area contributed by atoms with Crippen LogP contribution >= 0.6 is 11.3 Å². The predicted molar refractivity (Wildman–Crippen MR) is 103 cm³/mol. The molecule has 0 fully saturated rings. The first kappa shape index (κ1) is 20.6. The van der Waals surface area contributed by atoms with Crippen LogP contribution in [0.4, 0.5) is 0 Å². The lowest BCUT2D eigenvalue weighted by atomic mass is 10.1. The molecule has 0 spiro atoms.